The van der Waals surface area contributed by atoms with Gasteiger partial charge in [-0.25, -0.2) is 0 Å². The van der Waals surface area contributed by atoms with Crippen molar-refractivity contribution in [3.63, 3.8) is 0 Å². The molecule has 1 atom stereocenters. The molecule has 30 heavy (non-hydrogen) atoms. The van der Waals surface area contributed by atoms with E-state index in [1.165, 1.54) is 7.11 Å². The van der Waals surface area contributed by atoms with Crippen LogP contribution in [0.3, 0.4) is 0 Å². The monoisotopic (exact) mass is 426 g/mol. The number of hydrogen-bond donors (Lipinski definition) is 1. The molecule has 6 nitrogen and oxygen atoms in total. The summed E-state index contributed by atoms with van der Waals surface area (Å²) < 4.78 is 50.3. The SMILES string of the molecule is COc1cc(C(C)NC(=O)Cn2cc(C(F)(F)F)ccc2=O)ccc1OCC(C)C. The molecule has 2 rings (SSSR count). The average molecular weight is 426 g/mol. The van der Waals surface area contributed by atoms with Crippen molar-refractivity contribution < 1.29 is 27.4 Å². The highest BCUT2D eigenvalue weighted by Gasteiger charge is 2.31. The van der Waals surface area contributed by atoms with Gasteiger partial charge in [-0.15, -0.1) is 0 Å². The fourth-order valence-electron chi connectivity index (χ4n) is 2.68. The number of pyridine rings is 1. The second-order valence-corrected chi connectivity index (χ2v) is 7.29. The Hall–Kier alpha value is -2.97. The number of halogens is 3. The predicted molar refractivity (Wildman–Crippen MR) is 106 cm³/mol. The van der Waals surface area contributed by atoms with Crippen molar-refractivity contribution in [1.29, 1.82) is 0 Å². The molecule has 0 bridgehead atoms. The number of nitrogens with zero attached hydrogens (tertiary/aromatic N) is 1. The molecule has 1 amide bonds. The van der Waals surface area contributed by atoms with Crippen LogP contribution >= 0.6 is 0 Å². The van der Waals surface area contributed by atoms with E-state index >= 15 is 0 Å². The lowest BCUT2D eigenvalue weighted by Crippen LogP contribution is -2.34. The van der Waals surface area contributed by atoms with Gasteiger partial charge in [-0.2, -0.15) is 13.2 Å². The van der Waals surface area contributed by atoms with E-state index in [9.17, 15) is 22.8 Å². The third kappa shape index (κ3) is 6.27. The maximum Gasteiger partial charge on any atom is 0.417 e. The second-order valence-electron chi connectivity index (χ2n) is 7.29. The van der Waals surface area contributed by atoms with Crippen LogP contribution in [0.15, 0.2) is 41.3 Å². The summed E-state index contributed by atoms with van der Waals surface area (Å²) in [6.45, 7) is 5.76. The first-order valence-electron chi connectivity index (χ1n) is 9.39. The Morgan fingerprint density at radius 1 is 1.13 bits per heavy atom. The van der Waals surface area contributed by atoms with Crippen LogP contribution in [-0.2, 0) is 17.5 Å². The van der Waals surface area contributed by atoms with Crippen LogP contribution in [-0.4, -0.2) is 24.2 Å². The Morgan fingerprint density at radius 3 is 2.43 bits per heavy atom. The van der Waals surface area contributed by atoms with E-state index in [1.54, 1.807) is 25.1 Å². The van der Waals surface area contributed by atoms with Gasteiger partial charge in [0.2, 0.25) is 5.91 Å². The van der Waals surface area contributed by atoms with Crippen LogP contribution in [0.2, 0.25) is 0 Å². The second kappa shape index (κ2) is 9.69. The van der Waals surface area contributed by atoms with Crippen LogP contribution in [0, 0.1) is 5.92 Å². The largest absolute Gasteiger partial charge is 0.493 e. The van der Waals surface area contributed by atoms with Crippen LogP contribution in [0.5, 0.6) is 11.5 Å². The molecule has 1 aromatic heterocycles. The molecular formula is C21H25F3N2O4. The van der Waals surface area contributed by atoms with Crippen molar-refractivity contribution in [2.24, 2.45) is 5.92 Å². The zero-order chi connectivity index (χ0) is 22.5. The number of alkyl halides is 3. The van der Waals surface area contributed by atoms with Gasteiger partial charge < -0.3 is 19.4 Å². The first kappa shape index (κ1) is 23.3. The first-order valence-corrected chi connectivity index (χ1v) is 9.39. The number of carbonyl (C=O) groups excluding carboxylic acids is 1. The lowest BCUT2D eigenvalue weighted by Gasteiger charge is -2.18. The Bertz CT molecular complexity index is 939. The molecule has 0 saturated carbocycles. The minimum Gasteiger partial charge on any atom is -0.493 e. The van der Waals surface area contributed by atoms with Crippen LogP contribution in [0.4, 0.5) is 13.2 Å². The summed E-state index contributed by atoms with van der Waals surface area (Å²) in [6.07, 6.45) is -3.97. The Balaban J connectivity index is 2.10. The number of hydrogen-bond acceptors (Lipinski definition) is 4. The predicted octanol–water partition coefficient (Wildman–Crippen LogP) is 3.79. The standard InChI is InChI=1S/C21H25F3N2O4/c1-13(2)12-30-17-7-5-15(9-18(17)29-4)14(3)25-19(27)11-26-10-16(21(22,23)24)6-8-20(26)28/h5-10,13-14H,11-12H2,1-4H3,(H,25,27). The molecule has 0 aliphatic carbocycles. The van der Waals surface area contributed by atoms with Gasteiger partial charge in [0, 0.05) is 12.3 Å². The summed E-state index contributed by atoms with van der Waals surface area (Å²) in [5.74, 6) is 0.821. The summed E-state index contributed by atoms with van der Waals surface area (Å²) in [5.41, 5.74) is -0.975. The van der Waals surface area contributed by atoms with Gasteiger partial charge in [0.1, 0.15) is 6.54 Å². The minimum atomic E-state index is -4.60. The van der Waals surface area contributed by atoms with Gasteiger partial charge in [0.05, 0.1) is 25.3 Å². The summed E-state index contributed by atoms with van der Waals surface area (Å²) in [4.78, 5) is 24.1. The number of aromatic nitrogens is 1. The third-order valence-electron chi connectivity index (χ3n) is 4.26. The Morgan fingerprint density at radius 2 is 1.83 bits per heavy atom. The lowest BCUT2D eigenvalue weighted by atomic mass is 10.1. The molecule has 0 spiro atoms. The average Bonchev–Trinajstić information content (AvgIpc) is 2.66. The van der Waals surface area contributed by atoms with E-state index in [-0.39, 0.29) is 0 Å². The molecule has 1 aromatic carbocycles. The van der Waals surface area contributed by atoms with E-state index in [0.29, 0.717) is 41.9 Å². The first-order chi connectivity index (χ1) is 14.0. The van der Waals surface area contributed by atoms with Gasteiger partial charge in [-0.1, -0.05) is 19.9 Å². The molecule has 0 fully saturated rings. The fourth-order valence-corrected chi connectivity index (χ4v) is 2.68. The van der Waals surface area contributed by atoms with E-state index in [4.69, 9.17) is 9.47 Å². The zero-order valence-corrected chi connectivity index (χ0v) is 17.2. The lowest BCUT2D eigenvalue weighted by molar-refractivity contribution is -0.138. The van der Waals surface area contributed by atoms with Gasteiger partial charge in [0.25, 0.3) is 5.56 Å². The molecule has 0 aliphatic rings. The zero-order valence-electron chi connectivity index (χ0n) is 17.2. The molecule has 1 heterocycles. The van der Waals surface area contributed by atoms with Crippen LogP contribution in [0.1, 0.15) is 37.9 Å². The Kier molecular flexibility index (Phi) is 7.53. The number of carbonyl (C=O) groups is 1. The van der Waals surface area contributed by atoms with E-state index < -0.39 is 35.8 Å². The maximum absolute atomic E-state index is 12.8. The highest BCUT2D eigenvalue weighted by atomic mass is 19.4. The molecule has 2 aromatic rings. The van der Waals surface area contributed by atoms with Crippen molar-refractivity contribution in [2.75, 3.05) is 13.7 Å². The number of amides is 1. The molecule has 1 unspecified atom stereocenters. The highest BCUT2D eigenvalue weighted by molar-refractivity contribution is 5.76. The fraction of sp³-hybridized carbons (Fsp3) is 0.429. The van der Waals surface area contributed by atoms with Crippen molar-refractivity contribution in [3.05, 3.63) is 58.0 Å². The molecule has 0 aliphatic heterocycles. The molecule has 0 saturated heterocycles. The third-order valence-corrected chi connectivity index (χ3v) is 4.26. The van der Waals surface area contributed by atoms with Crippen LogP contribution < -0.4 is 20.3 Å². The number of rotatable bonds is 8. The minimum absolute atomic E-state index is 0.340. The molecule has 1 N–H and O–H groups in total. The number of ether oxygens (including phenoxy) is 2. The molecule has 164 valence electrons. The van der Waals surface area contributed by atoms with Crippen molar-refractivity contribution in [1.82, 2.24) is 9.88 Å². The van der Waals surface area contributed by atoms with E-state index in [1.807, 2.05) is 13.8 Å². The summed E-state index contributed by atoms with van der Waals surface area (Å²) in [7, 11) is 1.50. The summed E-state index contributed by atoms with van der Waals surface area (Å²) >= 11 is 0. The summed E-state index contributed by atoms with van der Waals surface area (Å²) in [5, 5.41) is 2.67. The van der Waals surface area contributed by atoms with Crippen molar-refractivity contribution in [3.8, 4) is 11.5 Å². The van der Waals surface area contributed by atoms with Crippen LogP contribution in [0.25, 0.3) is 0 Å². The number of benzene rings is 1. The van der Waals surface area contributed by atoms with Gasteiger partial charge in [-0.05, 0) is 36.6 Å². The molecule has 9 heteroatoms. The number of nitrogens with one attached hydrogen (secondary N) is 1. The molecular weight excluding hydrogens is 401 g/mol. The number of methoxy groups -OCH3 is 1. The Labute approximate surface area is 172 Å². The smallest absolute Gasteiger partial charge is 0.417 e. The highest BCUT2D eigenvalue weighted by Crippen LogP contribution is 2.31. The van der Waals surface area contributed by atoms with Crippen molar-refractivity contribution in [2.45, 2.75) is 39.5 Å². The molecule has 0 radical (unpaired) electrons. The van der Waals surface area contributed by atoms with E-state index in [2.05, 4.69) is 5.32 Å². The van der Waals surface area contributed by atoms with Crippen molar-refractivity contribution >= 4 is 5.91 Å². The van der Waals surface area contributed by atoms with Gasteiger partial charge >= 0.3 is 6.18 Å². The van der Waals surface area contributed by atoms with E-state index in [0.717, 1.165) is 10.6 Å². The topological polar surface area (TPSA) is 69.6 Å². The maximum atomic E-state index is 12.8. The van der Waals surface area contributed by atoms with Gasteiger partial charge in [0.15, 0.2) is 11.5 Å². The van der Waals surface area contributed by atoms with Gasteiger partial charge in [-0.3, -0.25) is 9.59 Å². The quantitative estimate of drug-likeness (QED) is 0.697. The summed E-state index contributed by atoms with van der Waals surface area (Å²) in [6, 6.07) is 6.23. The normalized spacial score (nSPS) is 12.5.